The van der Waals surface area contributed by atoms with Gasteiger partial charge in [0, 0.05) is 32.6 Å². The lowest BCUT2D eigenvalue weighted by Gasteiger charge is -2.44. The summed E-state index contributed by atoms with van der Waals surface area (Å²) in [6.07, 6.45) is -2.42. The van der Waals surface area contributed by atoms with Crippen LogP contribution in [0.4, 0.5) is 0 Å². The molecule has 5 atom stereocenters. The van der Waals surface area contributed by atoms with Crippen molar-refractivity contribution in [3.05, 3.63) is 0 Å². The molecule has 1 aliphatic heterocycles. The van der Waals surface area contributed by atoms with Crippen LogP contribution in [0, 0.1) is 0 Å². The molecule has 0 aromatic heterocycles. The van der Waals surface area contributed by atoms with E-state index in [1.54, 1.807) is 20.8 Å². The lowest BCUT2D eigenvalue weighted by molar-refractivity contribution is -0.272. The minimum Gasteiger partial charge on any atom is -0.463 e. The van der Waals surface area contributed by atoms with Crippen LogP contribution in [0.5, 0.6) is 0 Å². The van der Waals surface area contributed by atoms with Crippen LogP contribution in [0.2, 0.25) is 0 Å². The van der Waals surface area contributed by atoms with Gasteiger partial charge in [-0.3, -0.25) is 24.0 Å². The Kier molecular flexibility index (Phi) is 13.9. The van der Waals surface area contributed by atoms with E-state index < -0.39 is 60.4 Å². The van der Waals surface area contributed by atoms with Crippen LogP contribution in [0.3, 0.4) is 0 Å². The fourth-order valence-corrected chi connectivity index (χ4v) is 3.48. The fraction of sp³-hybridized carbons (Fsp3) is 0.792. The molecular formula is C24H39NO10. The van der Waals surface area contributed by atoms with E-state index in [9.17, 15) is 24.0 Å². The molecule has 11 heteroatoms. The summed E-state index contributed by atoms with van der Waals surface area (Å²) in [5, 5.41) is 2.60. The number of amides is 1. The molecule has 0 bridgehead atoms. The molecular weight excluding hydrogens is 462 g/mol. The third kappa shape index (κ3) is 10.6. The van der Waals surface area contributed by atoms with E-state index in [2.05, 4.69) is 5.32 Å². The lowest BCUT2D eigenvalue weighted by atomic mass is 9.95. The van der Waals surface area contributed by atoms with E-state index in [1.807, 2.05) is 6.92 Å². The predicted octanol–water partition coefficient (Wildman–Crippen LogP) is 2.33. The molecule has 0 spiro atoms. The van der Waals surface area contributed by atoms with Gasteiger partial charge in [0.2, 0.25) is 12.2 Å². The Morgan fingerprint density at radius 2 is 1.14 bits per heavy atom. The Hall–Kier alpha value is -2.69. The van der Waals surface area contributed by atoms with Crippen LogP contribution in [0.15, 0.2) is 0 Å². The molecule has 11 nitrogen and oxygen atoms in total. The fourth-order valence-electron chi connectivity index (χ4n) is 3.48. The zero-order chi connectivity index (χ0) is 26.4. The number of hydrogen-bond acceptors (Lipinski definition) is 10. The highest BCUT2D eigenvalue weighted by molar-refractivity contribution is 5.74. The molecule has 200 valence electrons. The molecule has 1 rings (SSSR count). The van der Waals surface area contributed by atoms with Crippen molar-refractivity contribution in [2.24, 2.45) is 0 Å². The van der Waals surface area contributed by atoms with Crippen LogP contribution >= 0.6 is 0 Å². The van der Waals surface area contributed by atoms with Crippen molar-refractivity contribution in [3.8, 4) is 0 Å². The number of carbonyl (C=O) groups is 5. The zero-order valence-corrected chi connectivity index (χ0v) is 21.3. The number of nitrogens with one attached hydrogen (secondary N) is 1. The van der Waals surface area contributed by atoms with Crippen LogP contribution in [0.25, 0.3) is 0 Å². The van der Waals surface area contributed by atoms with Gasteiger partial charge in [0.05, 0.1) is 0 Å². The first-order chi connectivity index (χ1) is 16.7. The van der Waals surface area contributed by atoms with Gasteiger partial charge in [0.15, 0.2) is 12.2 Å². The summed E-state index contributed by atoms with van der Waals surface area (Å²) in [6.45, 7) is 8.11. The SMILES string of the molecule is CCCC(=O)OCC1OC(OC(=O)CCC)C(NC(C)=O)[C@@H](OC(=O)CCC)[C@@H]1OC(=O)CCC. The molecule has 1 fully saturated rings. The molecule has 35 heavy (non-hydrogen) atoms. The Bertz CT molecular complexity index is 725. The third-order valence-electron chi connectivity index (χ3n) is 5.02. The van der Waals surface area contributed by atoms with Crippen molar-refractivity contribution in [2.75, 3.05) is 6.61 Å². The smallest absolute Gasteiger partial charge is 0.308 e. The van der Waals surface area contributed by atoms with Gasteiger partial charge in [0.25, 0.3) is 0 Å². The minimum atomic E-state index is -1.37. The van der Waals surface area contributed by atoms with Gasteiger partial charge < -0.3 is 29.0 Å². The molecule has 0 saturated carbocycles. The molecule has 1 amide bonds. The van der Waals surface area contributed by atoms with Crippen molar-refractivity contribution in [3.63, 3.8) is 0 Å². The van der Waals surface area contributed by atoms with E-state index in [4.69, 9.17) is 23.7 Å². The van der Waals surface area contributed by atoms with E-state index in [-0.39, 0.29) is 32.3 Å². The van der Waals surface area contributed by atoms with Gasteiger partial charge in [-0.05, 0) is 25.7 Å². The molecule has 3 unspecified atom stereocenters. The topological polar surface area (TPSA) is 144 Å². The number of hydrogen-bond donors (Lipinski definition) is 1. The maximum atomic E-state index is 12.5. The highest BCUT2D eigenvalue weighted by Gasteiger charge is 2.52. The first-order valence-corrected chi connectivity index (χ1v) is 12.3. The van der Waals surface area contributed by atoms with Gasteiger partial charge in [-0.15, -0.1) is 0 Å². The first-order valence-electron chi connectivity index (χ1n) is 12.3. The largest absolute Gasteiger partial charge is 0.463 e. The number of carbonyl (C=O) groups excluding carboxylic acids is 5. The molecule has 1 saturated heterocycles. The second-order valence-corrected chi connectivity index (χ2v) is 8.35. The quantitative estimate of drug-likeness (QED) is 0.278. The predicted molar refractivity (Wildman–Crippen MR) is 123 cm³/mol. The highest BCUT2D eigenvalue weighted by Crippen LogP contribution is 2.29. The van der Waals surface area contributed by atoms with Gasteiger partial charge in [-0.1, -0.05) is 27.7 Å². The van der Waals surface area contributed by atoms with E-state index >= 15 is 0 Å². The summed E-state index contributed by atoms with van der Waals surface area (Å²) >= 11 is 0. The van der Waals surface area contributed by atoms with Crippen LogP contribution in [0.1, 0.15) is 86.0 Å². The van der Waals surface area contributed by atoms with Crippen LogP contribution in [-0.4, -0.2) is 67.0 Å². The van der Waals surface area contributed by atoms with Crippen molar-refractivity contribution in [1.82, 2.24) is 5.32 Å². The average molecular weight is 502 g/mol. The molecule has 0 aliphatic carbocycles. The third-order valence-corrected chi connectivity index (χ3v) is 5.02. The van der Waals surface area contributed by atoms with Crippen LogP contribution < -0.4 is 5.32 Å². The summed E-state index contributed by atoms with van der Waals surface area (Å²) < 4.78 is 27.9. The minimum absolute atomic E-state index is 0.0796. The second kappa shape index (κ2) is 16.1. The molecule has 1 aliphatic rings. The molecule has 1 N–H and O–H groups in total. The Balaban J connectivity index is 3.39. The van der Waals surface area contributed by atoms with Crippen molar-refractivity contribution in [2.45, 2.75) is 117 Å². The van der Waals surface area contributed by atoms with Gasteiger partial charge >= 0.3 is 23.9 Å². The number of ether oxygens (including phenoxy) is 5. The summed E-state index contributed by atoms with van der Waals surface area (Å²) in [6, 6.07) is -1.16. The van der Waals surface area contributed by atoms with E-state index in [0.717, 1.165) is 0 Å². The average Bonchev–Trinajstić information content (AvgIpc) is 2.77. The first kappa shape index (κ1) is 30.3. The summed E-state index contributed by atoms with van der Waals surface area (Å²) in [5.41, 5.74) is 0. The van der Waals surface area contributed by atoms with Crippen molar-refractivity contribution in [1.29, 1.82) is 0 Å². The van der Waals surface area contributed by atoms with Gasteiger partial charge in [0.1, 0.15) is 18.8 Å². The molecule has 0 aromatic carbocycles. The van der Waals surface area contributed by atoms with Crippen molar-refractivity contribution < 1.29 is 47.7 Å². The summed E-state index contributed by atoms with van der Waals surface area (Å²) in [4.78, 5) is 61.2. The summed E-state index contributed by atoms with van der Waals surface area (Å²) in [5.74, 6) is -2.75. The van der Waals surface area contributed by atoms with Gasteiger partial charge in [-0.2, -0.15) is 0 Å². The maximum absolute atomic E-state index is 12.5. The Morgan fingerprint density at radius 1 is 0.686 bits per heavy atom. The maximum Gasteiger partial charge on any atom is 0.308 e. The Morgan fingerprint density at radius 3 is 1.63 bits per heavy atom. The molecule has 1 heterocycles. The monoisotopic (exact) mass is 501 g/mol. The summed E-state index contributed by atoms with van der Waals surface area (Å²) in [7, 11) is 0. The van der Waals surface area contributed by atoms with E-state index in [1.165, 1.54) is 6.92 Å². The Labute approximate surface area is 206 Å². The van der Waals surface area contributed by atoms with Gasteiger partial charge in [-0.25, -0.2) is 0 Å². The zero-order valence-electron chi connectivity index (χ0n) is 21.3. The standard InChI is InChI=1S/C24H39NO10/c1-6-10-17(27)31-14-16-22(33-18(28)11-7-2)23(34-19(29)12-8-3)21(25-15(5)26)24(32-16)35-20(30)13-9-4/h16,21-24H,6-14H2,1-5H3,(H,25,26)/t16?,21?,22-,23-,24?/m1/s1. The lowest BCUT2D eigenvalue weighted by Crippen LogP contribution is -2.67. The number of rotatable bonds is 14. The second-order valence-electron chi connectivity index (χ2n) is 8.35. The number of esters is 4. The van der Waals surface area contributed by atoms with Crippen LogP contribution in [-0.2, 0) is 47.7 Å². The molecule has 0 aromatic rings. The highest BCUT2D eigenvalue weighted by atomic mass is 16.7. The van der Waals surface area contributed by atoms with Crippen molar-refractivity contribution >= 4 is 29.8 Å². The van der Waals surface area contributed by atoms with E-state index in [0.29, 0.717) is 25.7 Å². The molecule has 0 radical (unpaired) electrons. The normalized spacial score (nSPS) is 23.6.